The maximum atomic E-state index is 14.8. The molecular weight excluding hydrogens is 439 g/mol. The smallest absolute Gasteiger partial charge is 0.273 e. The van der Waals surface area contributed by atoms with Gasteiger partial charge in [-0.2, -0.15) is 0 Å². The summed E-state index contributed by atoms with van der Waals surface area (Å²) in [7, 11) is 0. The molecule has 9 heteroatoms. The largest absolute Gasteiger partial charge is 0.379 e. The Balaban J connectivity index is 1.67. The minimum Gasteiger partial charge on any atom is -0.379 e. The van der Waals surface area contributed by atoms with Crippen LogP contribution < -0.4 is 11.1 Å². The van der Waals surface area contributed by atoms with Crippen molar-refractivity contribution in [2.45, 2.75) is 24.8 Å². The van der Waals surface area contributed by atoms with E-state index >= 15 is 0 Å². The van der Waals surface area contributed by atoms with Gasteiger partial charge < -0.3 is 11.1 Å². The van der Waals surface area contributed by atoms with Crippen molar-refractivity contribution in [2.75, 3.05) is 16.9 Å². The highest BCUT2D eigenvalue weighted by Crippen LogP contribution is 2.51. The van der Waals surface area contributed by atoms with Crippen LogP contribution in [0.15, 0.2) is 34.3 Å². The van der Waals surface area contributed by atoms with Gasteiger partial charge >= 0.3 is 0 Å². The van der Waals surface area contributed by atoms with E-state index in [1.165, 1.54) is 17.8 Å². The van der Waals surface area contributed by atoms with Gasteiger partial charge in [-0.3, -0.25) is 13.7 Å². The summed E-state index contributed by atoms with van der Waals surface area (Å²) in [5.74, 6) is 1.28. The Morgan fingerprint density at radius 1 is 1.50 bits per heavy atom. The van der Waals surface area contributed by atoms with Gasteiger partial charge in [-0.25, -0.2) is 4.39 Å². The lowest BCUT2D eigenvalue weighted by Gasteiger charge is -2.36. The van der Waals surface area contributed by atoms with Crippen LogP contribution in [0, 0.1) is 11.7 Å². The van der Waals surface area contributed by atoms with Crippen molar-refractivity contribution in [2.24, 2.45) is 16.6 Å². The summed E-state index contributed by atoms with van der Waals surface area (Å²) in [5.41, 5.74) is 7.01. The average molecular weight is 457 g/mol. The van der Waals surface area contributed by atoms with E-state index in [2.05, 4.69) is 21.5 Å². The van der Waals surface area contributed by atoms with Gasteiger partial charge in [0, 0.05) is 22.4 Å². The van der Waals surface area contributed by atoms with Crippen LogP contribution in [0.3, 0.4) is 0 Å². The number of nitrogens with two attached hydrogens (primary N) is 1. The molecule has 4 rings (SSSR count). The Kier molecular flexibility index (Phi) is 4.96. The van der Waals surface area contributed by atoms with E-state index in [1.54, 1.807) is 33.2 Å². The third kappa shape index (κ3) is 3.14. The molecule has 2 atom stereocenters. The van der Waals surface area contributed by atoms with Crippen LogP contribution in [0.2, 0.25) is 0 Å². The molecule has 0 saturated heterocycles. The van der Waals surface area contributed by atoms with Crippen LogP contribution in [0.25, 0.3) is 0 Å². The first-order chi connectivity index (χ1) is 12.5. The van der Waals surface area contributed by atoms with Gasteiger partial charge in [0.2, 0.25) is 0 Å². The number of nitrogens with zero attached hydrogens (tertiary/aromatic N) is 2. The van der Waals surface area contributed by atoms with E-state index in [4.69, 9.17) is 10.7 Å². The summed E-state index contributed by atoms with van der Waals surface area (Å²) in [6, 6.07) is 4.72. The van der Waals surface area contributed by atoms with E-state index in [0.717, 1.165) is 25.0 Å². The van der Waals surface area contributed by atoms with Crippen molar-refractivity contribution in [3.8, 4) is 0 Å². The zero-order chi connectivity index (χ0) is 18.3. The average Bonchev–Trinajstić information content (AvgIpc) is 3.22. The number of amides is 1. The molecule has 0 spiro atoms. The minimum absolute atomic E-state index is 0.230. The fourth-order valence-corrected chi connectivity index (χ4v) is 6.39. The Morgan fingerprint density at radius 3 is 3.12 bits per heavy atom. The van der Waals surface area contributed by atoms with Crippen LogP contribution in [-0.4, -0.2) is 26.6 Å². The number of thioether (sulfide) groups is 2. The zero-order valence-corrected chi connectivity index (χ0v) is 17.1. The molecule has 1 aromatic carbocycles. The summed E-state index contributed by atoms with van der Waals surface area (Å²) in [4.78, 5) is 17.2. The SMILES string of the molecule is NC1=NC2(c3cc(NC(=O)C4=CSCN4Br)ccc3F)CCCC2CS1. The van der Waals surface area contributed by atoms with Crippen LogP contribution in [0.4, 0.5) is 10.1 Å². The number of anilines is 1. The Hall–Kier alpha value is -1.19. The first-order valence-electron chi connectivity index (χ1n) is 8.34. The first-order valence-corrected chi connectivity index (χ1v) is 11.1. The monoisotopic (exact) mass is 456 g/mol. The standard InChI is InChI=1S/C17H18BrFN4OS2/c18-23-9-25-8-14(23)15(24)21-11-3-4-13(19)12(6-11)17-5-1-2-10(17)7-26-16(20)22-17/h3-4,6,8,10H,1-2,5,7,9H2,(H2,20,22)(H,21,24). The first kappa shape index (κ1) is 18.2. The second-order valence-electron chi connectivity index (χ2n) is 6.58. The second kappa shape index (κ2) is 7.09. The molecule has 0 aromatic heterocycles. The Bertz CT molecular complexity index is 818. The summed E-state index contributed by atoms with van der Waals surface area (Å²) < 4.78 is 16.5. The van der Waals surface area contributed by atoms with Gasteiger partial charge in [0.15, 0.2) is 5.17 Å². The fourth-order valence-electron chi connectivity index (χ4n) is 3.86. The van der Waals surface area contributed by atoms with Gasteiger partial charge in [-0.15, -0.1) is 11.8 Å². The number of rotatable bonds is 3. The van der Waals surface area contributed by atoms with Crippen LogP contribution in [0.5, 0.6) is 0 Å². The normalized spacial score (nSPS) is 27.8. The van der Waals surface area contributed by atoms with Crippen LogP contribution >= 0.6 is 39.7 Å². The number of benzene rings is 1. The van der Waals surface area contributed by atoms with Gasteiger partial charge in [-0.05, 0) is 37.0 Å². The van der Waals surface area contributed by atoms with Crippen molar-refractivity contribution < 1.29 is 9.18 Å². The van der Waals surface area contributed by atoms with E-state index in [1.807, 2.05) is 0 Å². The molecule has 3 aliphatic rings. The third-order valence-electron chi connectivity index (χ3n) is 5.10. The molecule has 1 fully saturated rings. The molecule has 2 aliphatic heterocycles. The van der Waals surface area contributed by atoms with E-state index < -0.39 is 5.54 Å². The van der Waals surface area contributed by atoms with E-state index in [0.29, 0.717) is 28.0 Å². The summed E-state index contributed by atoms with van der Waals surface area (Å²) in [6.45, 7) is 0. The predicted molar refractivity (Wildman–Crippen MR) is 109 cm³/mol. The molecule has 5 nitrogen and oxygen atoms in total. The highest BCUT2D eigenvalue weighted by atomic mass is 79.9. The lowest BCUT2D eigenvalue weighted by molar-refractivity contribution is -0.113. The molecule has 3 N–H and O–H groups in total. The number of halogens is 2. The molecular formula is C17H18BrFN4OS2. The van der Waals surface area contributed by atoms with E-state index in [-0.39, 0.29) is 17.6 Å². The molecule has 1 amide bonds. The summed E-state index contributed by atoms with van der Waals surface area (Å²) in [6.07, 6.45) is 2.80. The number of nitrogens with one attached hydrogen (secondary N) is 1. The molecule has 2 heterocycles. The Labute approximate surface area is 168 Å². The van der Waals surface area contributed by atoms with Crippen molar-refractivity contribution in [3.63, 3.8) is 0 Å². The van der Waals surface area contributed by atoms with Crippen molar-refractivity contribution >= 4 is 56.4 Å². The topological polar surface area (TPSA) is 70.7 Å². The highest BCUT2D eigenvalue weighted by molar-refractivity contribution is 9.07. The predicted octanol–water partition coefficient (Wildman–Crippen LogP) is 3.98. The van der Waals surface area contributed by atoms with Crippen LogP contribution in [0.1, 0.15) is 24.8 Å². The maximum Gasteiger partial charge on any atom is 0.273 e. The lowest BCUT2D eigenvalue weighted by Crippen LogP contribution is -2.37. The second-order valence-corrected chi connectivity index (χ2v) is 9.31. The molecule has 1 saturated carbocycles. The molecule has 1 aromatic rings. The number of carbonyl (C=O) groups excluding carboxylic acids is 1. The third-order valence-corrected chi connectivity index (χ3v) is 7.81. The summed E-state index contributed by atoms with van der Waals surface area (Å²) >= 11 is 6.41. The van der Waals surface area contributed by atoms with E-state index in [9.17, 15) is 9.18 Å². The van der Waals surface area contributed by atoms with Gasteiger partial charge in [0.25, 0.3) is 5.91 Å². The molecule has 26 heavy (non-hydrogen) atoms. The molecule has 138 valence electrons. The lowest BCUT2D eigenvalue weighted by atomic mass is 9.81. The van der Waals surface area contributed by atoms with Crippen LogP contribution in [-0.2, 0) is 10.3 Å². The molecule has 0 radical (unpaired) electrons. The number of amidine groups is 1. The number of aliphatic imine (C=N–C) groups is 1. The highest BCUT2D eigenvalue weighted by Gasteiger charge is 2.48. The van der Waals surface area contributed by atoms with Crippen molar-refractivity contribution in [3.05, 3.63) is 40.7 Å². The van der Waals surface area contributed by atoms with Gasteiger partial charge in [0.05, 0.1) is 27.6 Å². The zero-order valence-electron chi connectivity index (χ0n) is 13.9. The number of carbonyl (C=O) groups is 1. The Morgan fingerprint density at radius 2 is 2.35 bits per heavy atom. The number of hydrogen-bond donors (Lipinski definition) is 2. The molecule has 0 bridgehead atoms. The number of fused-ring (bicyclic) bond motifs is 1. The van der Waals surface area contributed by atoms with Crippen molar-refractivity contribution in [1.82, 2.24) is 3.93 Å². The van der Waals surface area contributed by atoms with Crippen molar-refractivity contribution in [1.29, 1.82) is 0 Å². The maximum absolute atomic E-state index is 14.8. The molecule has 1 aliphatic carbocycles. The quantitative estimate of drug-likeness (QED) is 0.673. The molecule has 2 unspecified atom stereocenters. The van der Waals surface area contributed by atoms with Gasteiger partial charge in [-0.1, -0.05) is 18.2 Å². The fraction of sp³-hybridized carbons (Fsp3) is 0.412. The minimum atomic E-state index is -0.607. The van der Waals surface area contributed by atoms with Gasteiger partial charge in [0.1, 0.15) is 11.5 Å². The number of hydrogen-bond acceptors (Lipinski definition) is 6. The summed E-state index contributed by atoms with van der Waals surface area (Å²) in [5, 5.41) is 5.17.